The van der Waals surface area contributed by atoms with Crippen molar-refractivity contribution in [2.75, 3.05) is 37.0 Å². The van der Waals surface area contributed by atoms with Gasteiger partial charge < -0.3 is 24.8 Å². The van der Waals surface area contributed by atoms with Crippen LogP contribution >= 0.6 is 0 Å². The number of aliphatic hydroxyl groups is 1. The van der Waals surface area contributed by atoms with Gasteiger partial charge in [0, 0.05) is 30.6 Å². The number of fused-ring (bicyclic) bond motifs is 1. The molecule has 36 heavy (non-hydrogen) atoms. The van der Waals surface area contributed by atoms with E-state index in [1.807, 2.05) is 30.9 Å². The first-order chi connectivity index (χ1) is 17.1. The summed E-state index contributed by atoms with van der Waals surface area (Å²) in [6, 6.07) is 8.02. The zero-order valence-electron chi connectivity index (χ0n) is 20.9. The maximum absolute atomic E-state index is 15.1. The molecule has 2 aliphatic heterocycles. The van der Waals surface area contributed by atoms with E-state index in [4.69, 9.17) is 9.47 Å². The van der Waals surface area contributed by atoms with E-state index in [-0.39, 0.29) is 11.6 Å². The maximum atomic E-state index is 15.1. The lowest BCUT2D eigenvalue weighted by atomic mass is 9.96. The lowest BCUT2D eigenvalue weighted by molar-refractivity contribution is -0.122. The molecule has 0 aliphatic carbocycles. The third-order valence-corrected chi connectivity index (χ3v) is 6.92. The Morgan fingerprint density at radius 1 is 1.28 bits per heavy atom. The molecular weight excluding hydrogens is 468 g/mol. The molecule has 2 aromatic heterocycles. The van der Waals surface area contributed by atoms with Crippen LogP contribution in [0.1, 0.15) is 49.6 Å². The summed E-state index contributed by atoms with van der Waals surface area (Å²) in [7, 11) is 1.56. The van der Waals surface area contributed by atoms with Crippen LogP contribution in [0.15, 0.2) is 30.3 Å². The fraction of sp³-hybridized carbons (Fsp3) is 0.500. The number of aromatic nitrogens is 3. The minimum atomic E-state index is -3.06. The van der Waals surface area contributed by atoms with Gasteiger partial charge in [-0.2, -0.15) is 13.9 Å². The first kappa shape index (κ1) is 24.6. The number of anilines is 2. The predicted molar refractivity (Wildman–Crippen MR) is 133 cm³/mol. The molecule has 8 nitrogen and oxygen atoms in total. The maximum Gasteiger partial charge on any atom is 0.298 e. The number of methoxy groups -OCH3 is 1. The van der Waals surface area contributed by atoms with Crippen LogP contribution in [0.5, 0.6) is 5.88 Å². The number of nitrogens with zero attached hydrogens (tertiary/aromatic N) is 4. The molecule has 4 heterocycles. The number of nitrogens with one attached hydrogen (secondary N) is 1. The Labute approximate surface area is 208 Å². The van der Waals surface area contributed by atoms with E-state index in [0.717, 1.165) is 11.1 Å². The molecule has 0 spiro atoms. The van der Waals surface area contributed by atoms with Gasteiger partial charge in [-0.25, -0.2) is 4.98 Å². The average Bonchev–Trinajstić information content (AvgIpc) is 3.39. The van der Waals surface area contributed by atoms with E-state index < -0.39 is 17.6 Å². The molecule has 1 unspecified atom stereocenters. The highest BCUT2D eigenvalue weighted by atomic mass is 19.3. The number of aryl methyl sites for hydroxylation is 1. The summed E-state index contributed by atoms with van der Waals surface area (Å²) in [5, 5.41) is 22.9. The first-order valence-electron chi connectivity index (χ1n) is 12.1. The summed E-state index contributed by atoms with van der Waals surface area (Å²) in [4.78, 5) is 6.66. The summed E-state index contributed by atoms with van der Waals surface area (Å²) in [6.07, 6.45) is -0.0988. The SMILES string of the molecule is COc1nc2c(C)nnc(N[C@H](C)c3cccc(C(F)(F)C4CCCO4)c3)c2cc1N1CC(C)(O)C1. The standard InChI is InChI=1S/C26H31F2N5O3/c1-15(17-7-5-8-18(11-17)26(27,28)21-9-6-10-36-21)29-23-19-12-20(33-13-25(3,34)14-33)24(35-4)30-22(19)16(2)31-32-23/h5,7-8,11-12,15,21,34H,6,9-10,13-14H2,1-4H3,(H,29,32)/t15-,21?/m1/s1. The van der Waals surface area contributed by atoms with Gasteiger partial charge in [0.15, 0.2) is 5.82 Å². The largest absolute Gasteiger partial charge is 0.480 e. The van der Waals surface area contributed by atoms with Crippen molar-refractivity contribution < 1.29 is 23.4 Å². The quantitative estimate of drug-likeness (QED) is 0.496. The van der Waals surface area contributed by atoms with Gasteiger partial charge in [-0.3, -0.25) is 0 Å². The van der Waals surface area contributed by atoms with Crippen molar-refractivity contribution in [1.29, 1.82) is 0 Å². The predicted octanol–water partition coefficient (Wildman–Crippen LogP) is 4.36. The van der Waals surface area contributed by atoms with E-state index in [1.54, 1.807) is 20.1 Å². The number of pyridine rings is 1. The van der Waals surface area contributed by atoms with Crippen LogP contribution in [0.4, 0.5) is 20.3 Å². The molecule has 3 aromatic rings. The van der Waals surface area contributed by atoms with Gasteiger partial charge in [-0.05, 0) is 51.3 Å². The number of alkyl halides is 2. The number of hydrogen-bond donors (Lipinski definition) is 2. The second-order valence-electron chi connectivity index (χ2n) is 10.0. The topological polar surface area (TPSA) is 92.6 Å². The van der Waals surface area contributed by atoms with Crippen LogP contribution < -0.4 is 15.0 Å². The molecule has 2 aliphatic rings. The van der Waals surface area contributed by atoms with Gasteiger partial charge in [0.2, 0.25) is 5.88 Å². The lowest BCUT2D eigenvalue weighted by Crippen LogP contribution is -2.60. The Hall–Kier alpha value is -3.11. The van der Waals surface area contributed by atoms with Gasteiger partial charge in [0.25, 0.3) is 5.92 Å². The smallest absolute Gasteiger partial charge is 0.298 e. The second kappa shape index (κ2) is 9.08. The molecule has 5 rings (SSSR count). The molecule has 2 saturated heterocycles. The summed E-state index contributed by atoms with van der Waals surface area (Å²) in [5.74, 6) is -2.13. The second-order valence-corrected chi connectivity index (χ2v) is 10.0. The van der Waals surface area contributed by atoms with Crippen molar-refractivity contribution >= 4 is 22.4 Å². The van der Waals surface area contributed by atoms with E-state index in [9.17, 15) is 5.11 Å². The minimum Gasteiger partial charge on any atom is -0.480 e. The third kappa shape index (κ3) is 4.43. The van der Waals surface area contributed by atoms with E-state index >= 15 is 8.78 Å². The van der Waals surface area contributed by atoms with Crippen molar-refractivity contribution in [2.24, 2.45) is 0 Å². The van der Waals surface area contributed by atoms with Crippen LogP contribution in [-0.4, -0.2) is 58.8 Å². The van der Waals surface area contributed by atoms with Gasteiger partial charge >= 0.3 is 0 Å². The van der Waals surface area contributed by atoms with Crippen molar-refractivity contribution in [3.8, 4) is 5.88 Å². The number of benzene rings is 1. The highest BCUT2D eigenvalue weighted by molar-refractivity contribution is 5.94. The number of ether oxygens (including phenoxy) is 2. The fourth-order valence-electron chi connectivity index (χ4n) is 4.95. The lowest BCUT2D eigenvalue weighted by Gasteiger charge is -2.45. The fourth-order valence-corrected chi connectivity index (χ4v) is 4.95. The van der Waals surface area contributed by atoms with E-state index in [2.05, 4.69) is 20.5 Å². The van der Waals surface area contributed by atoms with E-state index in [0.29, 0.717) is 61.0 Å². The van der Waals surface area contributed by atoms with Crippen molar-refractivity contribution in [3.63, 3.8) is 0 Å². The molecule has 0 radical (unpaired) electrons. The van der Waals surface area contributed by atoms with Crippen LogP contribution in [0.3, 0.4) is 0 Å². The highest BCUT2D eigenvalue weighted by Gasteiger charge is 2.44. The Morgan fingerprint density at radius 2 is 2.06 bits per heavy atom. The van der Waals surface area contributed by atoms with Crippen LogP contribution in [-0.2, 0) is 10.7 Å². The normalized spacial score (nSPS) is 20.3. The van der Waals surface area contributed by atoms with E-state index in [1.165, 1.54) is 12.1 Å². The number of halogens is 2. The molecule has 192 valence electrons. The Morgan fingerprint density at radius 3 is 2.72 bits per heavy atom. The molecule has 0 saturated carbocycles. The summed E-state index contributed by atoms with van der Waals surface area (Å²) < 4.78 is 40.9. The third-order valence-electron chi connectivity index (χ3n) is 6.92. The number of β-amino-alcohol motifs (C(OH)–C–C–N with tert-alkyl or cyclic N) is 1. The van der Waals surface area contributed by atoms with Crippen LogP contribution in [0.25, 0.3) is 10.9 Å². The van der Waals surface area contributed by atoms with Gasteiger partial charge in [0.05, 0.1) is 24.4 Å². The summed E-state index contributed by atoms with van der Waals surface area (Å²) in [5.41, 5.74) is 1.89. The van der Waals surface area contributed by atoms with Crippen LogP contribution in [0.2, 0.25) is 0 Å². The zero-order chi connectivity index (χ0) is 25.7. The van der Waals surface area contributed by atoms with Gasteiger partial charge in [-0.1, -0.05) is 18.2 Å². The molecular formula is C26H31F2N5O3. The summed E-state index contributed by atoms with van der Waals surface area (Å²) in [6.45, 7) is 6.77. The zero-order valence-corrected chi connectivity index (χ0v) is 20.9. The first-order valence-corrected chi connectivity index (χ1v) is 12.1. The molecule has 10 heteroatoms. The molecule has 2 N–H and O–H groups in total. The average molecular weight is 500 g/mol. The minimum absolute atomic E-state index is 0.0566. The molecule has 0 bridgehead atoms. The number of rotatable bonds is 7. The molecule has 2 atom stereocenters. The van der Waals surface area contributed by atoms with Crippen molar-refractivity contribution in [3.05, 3.63) is 47.2 Å². The molecule has 0 amide bonds. The van der Waals surface area contributed by atoms with Gasteiger partial charge in [0.1, 0.15) is 17.3 Å². The van der Waals surface area contributed by atoms with Crippen molar-refractivity contribution in [2.45, 2.75) is 57.3 Å². The van der Waals surface area contributed by atoms with Crippen LogP contribution in [0, 0.1) is 6.92 Å². The summed E-state index contributed by atoms with van der Waals surface area (Å²) >= 11 is 0. The van der Waals surface area contributed by atoms with Crippen molar-refractivity contribution in [1.82, 2.24) is 15.2 Å². The molecule has 1 aromatic carbocycles. The molecule has 2 fully saturated rings. The number of hydrogen-bond acceptors (Lipinski definition) is 8. The Kier molecular flexibility index (Phi) is 6.20. The Bertz CT molecular complexity index is 1270. The Balaban J connectivity index is 1.46. The highest BCUT2D eigenvalue weighted by Crippen LogP contribution is 2.40. The monoisotopic (exact) mass is 499 g/mol. The van der Waals surface area contributed by atoms with Gasteiger partial charge in [-0.15, -0.1) is 5.10 Å².